The number of fused-ring (bicyclic) bond motifs is 13. The summed E-state index contributed by atoms with van der Waals surface area (Å²) >= 11 is 1.87. The summed E-state index contributed by atoms with van der Waals surface area (Å²) in [5.74, 6) is 1.46. The van der Waals surface area contributed by atoms with Crippen LogP contribution in [0.15, 0.2) is 132 Å². The van der Waals surface area contributed by atoms with Gasteiger partial charge in [-0.1, -0.05) is 109 Å². The molecule has 0 aliphatic heterocycles. The molecule has 0 radical (unpaired) electrons. The normalized spacial score (nSPS) is 12.2. The van der Waals surface area contributed by atoms with Crippen LogP contribution in [0, 0.1) is 0 Å². The maximum Gasteiger partial charge on any atom is 0.233 e. The third-order valence-corrected chi connectivity index (χ3v) is 9.80. The van der Waals surface area contributed by atoms with Crippen molar-refractivity contribution in [3.63, 3.8) is 0 Å². The average molecular weight is 568 g/mol. The van der Waals surface area contributed by atoms with Gasteiger partial charge in [-0.3, -0.25) is 4.57 Å². The summed E-state index contributed by atoms with van der Waals surface area (Å²) in [4.78, 5) is 10.3. The standard InChI is InChI=1S/C38H21N3OS/c1-2-12-22(13-3-1)36-39-37(33-26-17-7-10-20-29(26)42-38(33)40-36)41-28-19-9-6-16-25(28)32-34(41)24-15-5-4-14-23(24)31-27-18-8-11-21-30(27)43-35(31)32/h1-21H. The van der Waals surface area contributed by atoms with Gasteiger partial charge in [0.1, 0.15) is 5.58 Å². The van der Waals surface area contributed by atoms with E-state index in [1.807, 2.05) is 47.7 Å². The van der Waals surface area contributed by atoms with Crippen molar-refractivity contribution in [2.75, 3.05) is 0 Å². The first-order chi connectivity index (χ1) is 21.3. The van der Waals surface area contributed by atoms with E-state index in [0.29, 0.717) is 11.5 Å². The van der Waals surface area contributed by atoms with E-state index in [4.69, 9.17) is 14.4 Å². The zero-order chi connectivity index (χ0) is 28.1. The Hall–Kier alpha value is -5.52. The maximum atomic E-state index is 6.41. The van der Waals surface area contributed by atoms with Gasteiger partial charge >= 0.3 is 0 Å². The van der Waals surface area contributed by atoms with Gasteiger partial charge in [-0.15, -0.1) is 11.3 Å². The van der Waals surface area contributed by atoms with Gasteiger partial charge in [0.25, 0.3) is 0 Å². The minimum absolute atomic E-state index is 0.586. The molecule has 4 aromatic heterocycles. The van der Waals surface area contributed by atoms with Crippen molar-refractivity contribution in [2.45, 2.75) is 0 Å². The summed E-state index contributed by atoms with van der Waals surface area (Å²) < 4.78 is 11.4. The smallest absolute Gasteiger partial charge is 0.233 e. The number of benzene rings is 6. The number of hydrogen-bond acceptors (Lipinski definition) is 4. The van der Waals surface area contributed by atoms with Crippen molar-refractivity contribution < 1.29 is 4.42 Å². The fourth-order valence-electron chi connectivity index (χ4n) is 6.82. The Labute approximate surface area is 249 Å². The van der Waals surface area contributed by atoms with Gasteiger partial charge in [0.15, 0.2) is 11.6 Å². The third kappa shape index (κ3) is 3.09. The first kappa shape index (κ1) is 23.1. The lowest BCUT2D eigenvalue weighted by Gasteiger charge is -2.12. The van der Waals surface area contributed by atoms with E-state index >= 15 is 0 Å². The second-order valence-corrected chi connectivity index (χ2v) is 12.0. The van der Waals surface area contributed by atoms with Crippen molar-refractivity contribution in [3.05, 3.63) is 127 Å². The summed E-state index contributed by atoms with van der Waals surface area (Å²) in [7, 11) is 0. The highest BCUT2D eigenvalue weighted by atomic mass is 32.1. The molecule has 10 aromatic rings. The Bertz CT molecular complexity index is 2730. The molecule has 0 fully saturated rings. The summed E-state index contributed by atoms with van der Waals surface area (Å²) in [6.07, 6.45) is 0. The minimum atomic E-state index is 0.586. The predicted octanol–water partition coefficient (Wildman–Crippen LogP) is 10.7. The van der Waals surface area contributed by atoms with E-state index in [1.165, 1.54) is 41.7 Å². The van der Waals surface area contributed by atoms with E-state index in [1.54, 1.807) is 0 Å². The zero-order valence-electron chi connectivity index (χ0n) is 22.8. The van der Waals surface area contributed by atoms with Gasteiger partial charge < -0.3 is 4.42 Å². The number of thiophene rings is 1. The molecule has 4 heterocycles. The van der Waals surface area contributed by atoms with Crippen molar-refractivity contribution in [3.8, 4) is 17.2 Å². The molecule has 6 aromatic carbocycles. The fourth-order valence-corrected chi connectivity index (χ4v) is 8.10. The average Bonchev–Trinajstić information content (AvgIpc) is 3.75. The van der Waals surface area contributed by atoms with E-state index in [2.05, 4.69) is 95.6 Å². The molecule has 5 heteroatoms. The first-order valence-electron chi connectivity index (χ1n) is 14.4. The molecule has 0 N–H and O–H groups in total. The highest BCUT2D eigenvalue weighted by Crippen LogP contribution is 2.48. The highest BCUT2D eigenvalue weighted by Gasteiger charge is 2.25. The largest absolute Gasteiger partial charge is 0.437 e. The predicted molar refractivity (Wildman–Crippen MR) is 179 cm³/mol. The van der Waals surface area contributed by atoms with Crippen molar-refractivity contribution in [2.24, 2.45) is 0 Å². The van der Waals surface area contributed by atoms with E-state index in [-0.39, 0.29) is 0 Å². The molecule has 0 aliphatic rings. The minimum Gasteiger partial charge on any atom is -0.437 e. The summed E-state index contributed by atoms with van der Waals surface area (Å²) in [6.45, 7) is 0. The van der Waals surface area contributed by atoms with E-state index in [9.17, 15) is 0 Å². The van der Waals surface area contributed by atoms with E-state index < -0.39 is 0 Å². The SMILES string of the molecule is c1ccc(-c2nc(-n3c4ccccc4c4c5sc6ccccc6c5c5ccccc5c43)c3c(n2)oc2ccccc23)cc1. The Morgan fingerprint density at radius 1 is 0.535 bits per heavy atom. The Morgan fingerprint density at radius 2 is 1.21 bits per heavy atom. The van der Waals surface area contributed by atoms with Crippen LogP contribution in [0.2, 0.25) is 0 Å². The second kappa shape index (κ2) is 8.51. The van der Waals surface area contributed by atoms with Gasteiger partial charge in [-0.05, 0) is 23.6 Å². The van der Waals surface area contributed by atoms with Crippen LogP contribution >= 0.6 is 11.3 Å². The molecular weight excluding hydrogens is 547 g/mol. The number of aromatic nitrogens is 3. The summed E-state index contributed by atoms with van der Waals surface area (Å²) in [5.41, 5.74) is 4.60. The van der Waals surface area contributed by atoms with Gasteiger partial charge in [0, 0.05) is 47.3 Å². The van der Waals surface area contributed by atoms with Gasteiger partial charge in [-0.2, -0.15) is 4.98 Å². The molecule has 0 atom stereocenters. The third-order valence-electron chi connectivity index (χ3n) is 8.61. The zero-order valence-corrected chi connectivity index (χ0v) is 23.6. The van der Waals surface area contributed by atoms with Crippen LogP contribution in [0.4, 0.5) is 0 Å². The molecule has 0 aliphatic carbocycles. The molecule has 200 valence electrons. The van der Waals surface area contributed by atoms with Gasteiger partial charge in [0.2, 0.25) is 5.71 Å². The number of furan rings is 1. The number of para-hydroxylation sites is 2. The first-order valence-corrected chi connectivity index (χ1v) is 15.2. The summed E-state index contributed by atoms with van der Waals surface area (Å²) in [6, 6.07) is 44.6. The molecule has 4 nitrogen and oxygen atoms in total. The topological polar surface area (TPSA) is 43.9 Å². The van der Waals surface area contributed by atoms with Crippen molar-refractivity contribution >= 4 is 86.2 Å². The maximum absolute atomic E-state index is 6.41. The van der Waals surface area contributed by atoms with Crippen LogP contribution in [0.25, 0.3) is 92.0 Å². The lowest BCUT2D eigenvalue weighted by molar-refractivity contribution is 0.653. The van der Waals surface area contributed by atoms with Crippen molar-refractivity contribution in [1.29, 1.82) is 0 Å². The molecule has 0 unspecified atom stereocenters. The number of rotatable bonds is 2. The lowest BCUT2D eigenvalue weighted by Crippen LogP contribution is -2.02. The fraction of sp³-hybridized carbons (Fsp3) is 0. The number of nitrogens with zero attached hydrogens (tertiary/aromatic N) is 3. The monoisotopic (exact) mass is 567 g/mol. The van der Waals surface area contributed by atoms with Gasteiger partial charge in [0.05, 0.1) is 16.4 Å². The lowest BCUT2D eigenvalue weighted by atomic mass is 10.00. The van der Waals surface area contributed by atoms with Crippen LogP contribution < -0.4 is 0 Å². The van der Waals surface area contributed by atoms with Crippen LogP contribution in [0.5, 0.6) is 0 Å². The molecule has 0 spiro atoms. The van der Waals surface area contributed by atoms with Crippen molar-refractivity contribution in [1.82, 2.24) is 14.5 Å². The van der Waals surface area contributed by atoms with Crippen LogP contribution in [-0.4, -0.2) is 14.5 Å². The molecular formula is C38H21N3OS. The quantitative estimate of drug-likeness (QED) is 0.209. The van der Waals surface area contributed by atoms with Crippen LogP contribution in [0.3, 0.4) is 0 Å². The van der Waals surface area contributed by atoms with E-state index in [0.717, 1.165) is 38.8 Å². The summed E-state index contributed by atoms with van der Waals surface area (Å²) in [5, 5.41) is 9.45. The molecule has 43 heavy (non-hydrogen) atoms. The van der Waals surface area contributed by atoms with Gasteiger partial charge in [-0.25, -0.2) is 4.98 Å². The second-order valence-electron chi connectivity index (χ2n) is 10.9. The Kier molecular flexibility index (Phi) is 4.57. The highest BCUT2D eigenvalue weighted by molar-refractivity contribution is 7.27. The van der Waals surface area contributed by atoms with Crippen LogP contribution in [-0.2, 0) is 0 Å². The molecule has 0 saturated carbocycles. The number of hydrogen-bond donors (Lipinski definition) is 0. The molecule has 0 bridgehead atoms. The Balaban J connectivity index is 1.49. The Morgan fingerprint density at radius 3 is 2.07 bits per heavy atom. The molecule has 0 amide bonds. The molecule has 0 saturated heterocycles. The van der Waals surface area contributed by atoms with Crippen LogP contribution in [0.1, 0.15) is 0 Å². The molecule has 10 rings (SSSR count).